The molecule has 1 spiro atoms. The molecular formula is C16H23NO2. The van der Waals surface area contributed by atoms with Crippen molar-refractivity contribution in [2.45, 2.75) is 76.4 Å². The molecule has 0 aromatic rings. The molecule has 2 unspecified atom stereocenters. The predicted octanol–water partition coefficient (Wildman–Crippen LogP) is 3.36. The highest BCUT2D eigenvalue weighted by atomic mass is 16.6. The fourth-order valence-electron chi connectivity index (χ4n) is 3.85. The summed E-state index contributed by atoms with van der Waals surface area (Å²) in [6.07, 6.45) is 7.05. The van der Waals surface area contributed by atoms with E-state index in [4.69, 9.17) is 16.0 Å². The molecule has 0 N–H and O–H groups in total. The lowest BCUT2D eigenvalue weighted by Crippen LogP contribution is -2.48. The second kappa shape index (κ2) is 4.61. The van der Waals surface area contributed by atoms with Crippen molar-refractivity contribution in [3.8, 4) is 0 Å². The number of hydrogen-bond donors (Lipinski definition) is 0. The molecule has 0 radical (unpaired) electrons. The van der Waals surface area contributed by atoms with Crippen LogP contribution < -0.4 is 0 Å². The highest BCUT2D eigenvalue weighted by Crippen LogP contribution is 2.49. The first-order chi connectivity index (χ1) is 9.04. The Bertz CT molecular complexity index is 439. The molecule has 2 fully saturated rings. The minimum absolute atomic E-state index is 0.0589. The van der Waals surface area contributed by atoms with Crippen LogP contribution in [0.4, 0.5) is 0 Å². The first-order valence-electron chi connectivity index (χ1n) is 7.43. The molecule has 0 aromatic heterocycles. The quantitative estimate of drug-likeness (QED) is 0.562. The summed E-state index contributed by atoms with van der Waals surface area (Å²) in [4.78, 5) is 3.60. The van der Waals surface area contributed by atoms with Crippen molar-refractivity contribution in [1.29, 1.82) is 0 Å². The van der Waals surface area contributed by atoms with Gasteiger partial charge in [0.25, 0.3) is 0 Å². The number of ether oxygens (including phenoxy) is 2. The van der Waals surface area contributed by atoms with Gasteiger partial charge in [-0.1, -0.05) is 18.6 Å². The Kier molecular flexibility index (Phi) is 3.19. The van der Waals surface area contributed by atoms with E-state index in [2.05, 4.69) is 24.8 Å². The van der Waals surface area contributed by atoms with E-state index in [9.17, 15) is 0 Å². The van der Waals surface area contributed by atoms with Crippen LogP contribution in [-0.4, -0.2) is 30.0 Å². The summed E-state index contributed by atoms with van der Waals surface area (Å²) in [6.45, 7) is 13.5. The second-order valence-electron chi connectivity index (χ2n) is 6.53. The van der Waals surface area contributed by atoms with Crippen LogP contribution in [0.15, 0.2) is 11.6 Å². The van der Waals surface area contributed by atoms with Gasteiger partial charge in [-0.05, 0) is 19.8 Å². The summed E-state index contributed by atoms with van der Waals surface area (Å²) in [5.41, 5.74) is 1.21. The monoisotopic (exact) mass is 261 g/mol. The smallest absolute Gasteiger partial charge is 0.223 e. The topological polar surface area (TPSA) is 22.8 Å². The van der Waals surface area contributed by atoms with Gasteiger partial charge in [0, 0.05) is 25.7 Å². The summed E-state index contributed by atoms with van der Waals surface area (Å²) in [7, 11) is 0. The molecule has 1 aliphatic carbocycles. The lowest BCUT2D eigenvalue weighted by molar-refractivity contribution is -0.141. The summed E-state index contributed by atoms with van der Waals surface area (Å²) >= 11 is 0. The second-order valence-corrected chi connectivity index (χ2v) is 6.53. The molecule has 0 amide bonds. The average Bonchev–Trinajstić information content (AvgIpc) is 2.70. The standard InChI is InChI=1S/C16H23NO2/c1-10-8-16-9-14(12(10)3)18-15(16)6-5-13(19-16)7-11(2)17-4/h8,11-15H,5-7,9H2,1-3H3/t11?,12-,13+,14?,15-,16-/m0/s1. The molecule has 0 saturated carbocycles. The van der Waals surface area contributed by atoms with Crippen molar-refractivity contribution in [2.75, 3.05) is 0 Å². The molecule has 2 bridgehead atoms. The van der Waals surface area contributed by atoms with Gasteiger partial charge < -0.3 is 14.3 Å². The maximum Gasteiger partial charge on any atom is 0.223 e. The zero-order valence-corrected chi connectivity index (χ0v) is 12.1. The molecule has 3 rings (SSSR count). The largest absolute Gasteiger partial charge is 0.371 e. The summed E-state index contributed by atoms with van der Waals surface area (Å²) in [5, 5.41) is 0. The van der Waals surface area contributed by atoms with Gasteiger partial charge in [-0.25, -0.2) is 6.57 Å². The first-order valence-corrected chi connectivity index (χ1v) is 7.43. The van der Waals surface area contributed by atoms with Gasteiger partial charge in [-0.2, -0.15) is 0 Å². The Hall–Kier alpha value is -0.850. The van der Waals surface area contributed by atoms with Gasteiger partial charge in [0.15, 0.2) is 0 Å². The molecule has 3 aliphatic rings. The van der Waals surface area contributed by atoms with Crippen LogP contribution in [-0.2, 0) is 9.47 Å². The third-order valence-electron chi connectivity index (χ3n) is 5.11. The summed E-state index contributed by atoms with van der Waals surface area (Å²) in [6, 6.07) is 0.0589. The minimum Gasteiger partial charge on any atom is -0.371 e. The van der Waals surface area contributed by atoms with Crippen LogP contribution in [0.25, 0.3) is 4.85 Å². The third kappa shape index (κ3) is 2.11. The van der Waals surface area contributed by atoms with Crippen molar-refractivity contribution in [3.63, 3.8) is 0 Å². The zero-order valence-electron chi connectivity index (χ0n) is 12.1. The molecule has 3 heteroatoms. The number of nitrogens with zero attached hydrogens (tertiary/aromatic N) is 1. The molecule has 104 valence electrons. The van der Waals surface area contributed by atoms with Crippen LogP contribution >= 0.6 is 0 Å². The van der Waals surface area contributed by atoms with E-state index in [1.165, 1.54) is 5.57 Å². The first kappa shape index (κ1) is 13.1. The Morgan fingerprint density at radius 3 is 3.05 bits per heavy atom. The molecule has 19 heavy (non-hydrogen) atoms. The van der Waals surface area contributed by atoms with E-state index in [1.807, 2.05) is 6.92 Å². The van der Waals surface area contributed by atoms with E-state index in [0.29, 0.717) is 12.0 Å². The SMILES string of the molecule is [C-]#[N+]C(C)C[C@H]1CC[C@@H]2OC3C[C@]2(C=C(C)[C@@H]3C)O1. The van der Waals surface area contributed by atoms with Gasteiger partial charge in [0.05, 0.1) is 18.3 Å². The van der Waals surface area contributed by atoms with Crippen molar-refractivity contribution in [1.82, 2.24) is 0 Å². The third-order valence-corrected chi connectivity index (χ3v) is 5.11. The van der Waals surface area contributed by atoms with E-state index >= 15 is 0 Å². The Morgan fingerprint density at radius 2 is 2.32 bits per heavy atom. The van der Waals surface area contributed by atoms with Crippen LogP contribution in [0.1, 0.15) is 46.5 Å². The highest BCUT2D eigenvalue weighted by molar-refractivity contribution is 5.25. The van der Waals surface area contributed by atoms with Gasteiger partial charge >= 0.3 is 0 Å². The van der Waals surface area contributed by atoms with Gasteiger partial charge in [0.2, 0.25) is 6.04 Å². The number of fused-ring (bicyclic) bond motifs is 1. The Labute approximate surface area is 115 Å². The summed E-state index contributed by atoms with van der Waals surface area (Å²) in [5.74, 6) is 0.514. The molecule has 2 saturated heterocycles. The predicted molar refractivity (Wildman–Crippen MR) is 73.7 cm³/mol. The zero-order chi connectivity index (χ0) is 13.6. The molecule has 6 atom stereocenters. The fourth-order valence-corrected chi connectivity index (χ4v) is 3.85. The Balaban J connectivity index is 1.79. The maximum atomic E-state index is 7.10. The molecule has 3 nitrogen and oxygen atoms in total. The highest BCUT2D eigenvalue weighted by Gasteiger charge is 2.55. The van der Waals surface area contributed by atoms with E-state index in [1.54, 1.807) is 0 Å². The fraction of sp³-hybridized carbons (Fsp3) is 0.812. The number of rotatable bonds is 2. The van der Waals surface area contributed by atoms with Crippen molar-refractivity contribution < 1.29 is 9.47 Å². The normalized spacial score (nSPS) is 46.1. The van der Waals surface area contributed by atoms with Crippen LogP contribution in [0.2, 0.25) is 0 Å². The average molecular weight is 261 g/mol. The molecule has 0 aromatic carbocycles. The minimum atomic E-state index is -0.189. The van der Waals surface area contributed by atoms with E-state index < -0.39 is 0 Å². The van der Waals surface area contributed by atoms with Crippen LogP contribution in [0.3, 0.4) is 0 Å². The van der Waals surface area contributed by atoms with E-state index in [0.717, 1.165) is 25.7 Å². The Morgan fingerprint density at radius 1 is 1.53 bits per heavy atom. The van der Waals surface area contributed by atoms with Gasteiger partial charge in [-0.3, -0.25) is 0 Å². The van der Waals surface area contributed by atoms with E-state index in [-0.39, 0.29) is 23.9 Å². The summed E-state index contributed by atoms with van der Waals surface area (Å²) < 4.78 is 12.6. The van der Waals surface area contributed by atoms with Crippen molar-refractivity contribution in [3.05, 3.63) is 23.1 Å². The van der Waals surface area contributed by atoms with Crippen LogP contribution in [0.5, 0.6) is 0 Å². The lowest BCUT2D eigenvalue weighted by Gasteiger charge is -2.41. The molecular weight excluding hydrogens is 238 g/mol. The van der Waals surface area contributed by atoms with Crippen LogP contribution in [0, 0.1) is 12.5 Å². The lowest BCUT2D eigenvalue weighted by atomic mass is 9.77. The van der Waals surface area contributed by atoms with Gasteiger partial charge in [-0.15, -0.1) is 0 Å². The van der Waals surface area contributed by atoms with Crippen molar-refractivity contribution in [2.24, 2.45) is 5.92 Å². The molecule has 2 heterocycles. The number of hydrogen-bond acceptors (Lipinski definition) is 2. The molecule has 2 aliphatic heterocycles. The van der Waals surface area contributed by atoms with Gasteiger partial charge in [0.1, 0.15) is 5.60 Å². The maximum absolute atomic E-state index is 7.10. The van der Waals surface area contributed by atoms with Crippen molar-refractivity contribution >= 4 is 0 Å².